The highest BCUT2D eigenvalue weighted by Crippen LogP contribution is 2.37. The molecule has 1 aliphatic heterocycles. The minimum absolute atomic E-state index is 0.178. The highest BCUT2D eigenvalue weighted by atomic mass is 32.2. The van der Waals surface area contributed by atoms with Crippen molar-refractivity contribution in [3.63, 3.8) is 0 Å². The molecule has 1 rings (SSSR count). The first-order valence-electron chi connectivity index (χ1n) is 11.0. The van der Waals surface area contributed by atoms with E-state index in [0.29, 0.717) is 56.1 Å². The monoisotopic (exact) mass is 475 g/mol. The fourth-order valence-corrected chi connectivity index (χ4v) is 5.05. The number of nitrogens with zero attached hydrogens (tertiary/aromatic N) is 1. The number of ether oxygens (including phenoxy) is 4. The standard InChI is InChI=1S/C22H37NO6S2/c1-4-7-17-30-19-20(31-18-8-5-2)22(25)23(21(19)24)9-10-27-13-14-29-16-15-28-12-11-26-6-3/h6H,3-5,7-18H2,1-2H3. The molecule has 1 aliphatic rings. The number of unbranched alkanes of at least 4 members (excludes halogenated alkanes) is 2. The van der Waals surface area contributed by atoms with Crippen LogP contribution in [0.5, 0.6) is 0 Å². The third kappa shape index (κ3) is 11.4. The summed E-state index contributed by atoms with van der Waals surface area (Å²) >= 11 is 3.03. The molecular formula is C22H37NO6S2. The van der Waals surface area contributed by atoms with Crippen molar-refractivity contribution < 1.29 is 28.5 Å². The average Bonchev–Trinajstić information content (AvgIpc) is 2.99. The molecule has 7 nitrogen and oxygen atoms in total. The lowest BCUT2D eigenvalue weighted by atomic mass is 10.4. The van der Waals surface area contributed by atoms with E-state index in [1.54, 1.807) is 0 Å². The van der Waals surface area contributed by atoms with E-state index in [1.807, 2.05) is 0 Å². The molecule has 0 saturated carbocycles. The molecule has 0 bridgehead atoms. The zero-order valence-electron chi connectivity index (χ0n) is 18.9. The largest absolute Gasteiger partial charge is 0.499 e. The summed E-state index contributed by atoms with van der Waals surface area (Å²) in [4.78, 5) is 28.1. The highest BCUT2D eigenvalue weighted by molar-refractivity contribution is 8.08. The van der Waals surface area contributed by atoms with Crippen LogP contribution in [-0.4, -0.2) is 81.0 Å². The van der Waals surface area contributed by atoms with Gasteiger partial charge in [0, 0.05) is 0 Å². The number of amides is 2. The van der Waals surface area contributed by atoms with Crippen LogP contribution in [0.3, 0.4) is 0 Å². The van der Waals surface area contributed by atoms with Crippen molar-refractivity contribution >= 4 is 35.3 Å². The van der Waals surface area contributed by atoms with Crippen LogP contribution < -0.4 is 0 Å². The molecule has 0 saturated heterocycles. The van der Waals surface area contributed by atoms with Crippen molar-refractivity contribution in [1.29, 1.82) is 0 Å². The molecule has 0 aromatic carbocycles. The molecule has 0 atom stereocenters. The fourth-order valence-electron chi connectivity index (χ4n) is 2.51. The van der Waals surface area contributed by atoms with E-state index < -0.39 is 0 Å². The van der Waals surface area contributed by atoms with Crippen LogP contribution in [0.15, 0.2) is 22.7 Å². The van der Waals surface area contributed by atoms with E-state index in [9.17, 15) is 9.59 Å². The van der Waals surface area contributed by atoms with Crippen molar-refractivity contribution in [2.45, 2.75) is 39.5 Å². The lowest BCUT2D eigenvalue weighted by Gasteiger charge is -2.15. The minimum Gasteiger partial charge on any atom is -0.499 e. The maximum atomic E-state index is 12.8. The van der Waals surface area contributed by atoms with Crippen molar-refractivity contribution in [2.75, 3.05) is 64.3 Å². The van der Waals surface area contributed by atoms with Gasteiger partial charge < -0.3 is 18.9 Å². The van der Waals surface area contributed by atoms with Gasteiger partial charge in [-0.25, -0.2) is 0 Å². The first-order chi connectivity index (χ1) is 15.2. The Labute approximate surface area is 195 Å². The summed E-state index contributed by atoms with van der Waals surface area (Å²) in [5, 5.41) is 0. The van der Waals surface area contributed by atoms with Crippen LogP contribution in [0.25, 0.3) is 0 Å². The number of hydrogen-bond donors (Lipinski definition) is 0. The van der Waals surface area contributed by atoms with Gasteiger partial charge in [-0.2, -0.15) is 0 Å². The van der Waals surface area contributed by atoms with Gasteiger partial charge in [-0.05, 0) is 24.3 Å². The van der Waals surface area contributed by atoms with Crippen molar-refractivity contribution in [1.82, 2.24) is 4.90 Å². The molecule has 0 radical (unpaired) electrons. The Morgan fingerprint density at radius 2 is 1.23 bits per heavy atom. The Balaban J connectivity index is 2.28. The quantitative estimate of drug-likeness (QED) is 0.141. The molecular weight excluding hydrogens is 438 g/mol. The van der Waals surface area contributed by atoms with Crippen LogP contribution in [0.1, 0.15) is 39.5 Å². The lowest BCUT2D eigenvalue weighted by Crippen LogP contribution is -2.34. The first kappa shape index (κ1) is 28.0. The predicted octanol–water partition coefficient (Wildman–Crippen LogP) is 3.84. The molecule has 178 valence electrons. The van der Waals surface area contributed by atoms with Gasteiger partial charge in [-0.15, -0.1) is 23.5 Å². The van der Waals surface area contributed by atoms with Crippen LogP contribution in [0, 0.1) is 0 Å². The molecule has 31 heavy (non-hydrogen) atoms. The van der Waals surface area contributed by atoms with Gasteiger partial charge in [-0.1, -0.05) is 33.3 Å². The number of imide groups is 1. The number of rotatable bonds is 21. The van der Waals surface area contributed by atoms with Crippen LogP contribution in [-0.2, 0) is 28.5 Å². The Kier molecular flexibility index (Phi) is 16.8. The Morgan fingerprint density at radius 1 is 0.774 bits per heavy atom. The van der Waals surface area contributed by atoms with Crippen LogP contribution in [0.4, 0.5) is 0 Å². The number of carbonyl (C=O) groups is 2. The molecule has 0 fully saturated rings. The fraction of sp³-hybridized carbons (Fsp3) is 0.727. The highest BCUT2D eigenvalue weighted by Gasteiger charge is 2.38. The Morgan fingerprint density at radius 3 is 1.68 bits per heavy atom. The SMILES string of the molecule is C=COCCOCCOCCOCCN1C(=O)C(SCCCC)=C(SCCCC)C1=O. The first-order valence-corrected chi connectivity index (χ1v) is 13.0. The van der Waals surface area contributed by atoms with E-state index in [4.69, 9.17) is 18.9 Å². The third-order valence-electron chi connectivity index (χ3n) is 4.24. The van der Waals surface area contributed by atoms with Crippen molar-refractivity contribution in [3.8, 4) is 0 Å². The minimum atomic E-state index is -0.178. The maximum Gasteiger partial charge on any atom is 0.268 e. The van der Waals surface area contributed by atoms with Gasteiger partial charge in [0.1, 0.15) is 6.61 Å². The second-order valence-corrected chi connectivity index (χ2v) is 8.91. The summed E-state index contributed by atoms with van der Waals surface area (Å²) in [6.45, 7) is 11.0. The average molecular weight is 476 g/mol. The third-order valence-corrected chi connectivity index (χ3v) is 6.69. The summed E-state index contributed by atoms with van der Waals surface area (Å²) in [6.07, 6.45) is 5.57. The maximum absolute atomic E-state index is 12.8. The molecule has 2 amide bonds. The molecule has 0 aliphatic carbocycles. The molecule has 0 aromatic rings. The van der Waals surface area contributed by atoms with Crippen molar-refractivity contribution in [2.24, 2.45) is 0 Å². The molecule has 0 spiro atoms. The smallest absolute Gasteiger partial charge is 0.268 e. The van der Waals surface area contributed by atoms with Crippen LogP contribution >= 0.6 is 23.5 Å². The second kappa shape index (κ2) is 18.6. The normalized spacial score (nSPS) is 14.1. The van der Waals surface area contributed by atoms with E-state index in [2.05, 4.69) is 20.4 Å². The second-order valence-electron chi connectivity index (χ2n) is 6.70. The van der Waals surface area contributed by atoms with Crippen LogP contribution in [0.2, 0.25) is 0 Å². The molecule has 0 N–H and O–H groups in total. The summed E-state index contributed by atoms with van der Waals surface area (Å²) < 4.78 is 21.2. The lowest BCUT2D eigenvalue weighted by molar-refractivity contribution is -0.138. The van der Waals surface area contributed by atoms with E-state index >= 15 is 0 Å². The van der Waals surface area contributed by atoms with Gasteiger partial charge >= 0.3 is 0 Å². The molecule has 1 heterocycles. The Bertz CT molecular complexity index is 538. The van der Waals surface area contributed by atoms with Gasteiger partial charge in [0.2, 0.25) is 0 Å². The number of hydrogen-bond acceptors (Lipinski definition) is 8. The zero-order valence-corrected chi connectivity index (χ0v) is 20.5. The molecule has 9 heteroatoms. The van der Waals surface area contributed by atoms with Gasteiger partial charge in [0.25, 0.3) is 11.8 Å². The number of carbonyl (C=O) groups excluding carboxylic acids is 2. The van der Waals surface area contributed by atoms with E-state index in [1.165, 1.54) is 34.7 Å². The zero-order chi connectivity index (χ0) is 22.7. The van der Waals surface area contributed by atoms with Gasteiger partial charge in [-0.3, -0.25) is 14.5 Å². The summed E-state index contributed by atoms with van der Waals surface area (Å²) in [6, 6.07) is 0. The van der Waals surface area contributed by atoms with E-state index in [0.717, 1.165) is 37.2 Å². The van der Waals surface area contributed by atoms with E-state index in [-0.39, 0.29) is 18.4 Å². The summed E-state index contributed by atoms with van der Waals surface area (Å²) in [5.74, 6) is 1.36. The Hall–Kier alpha value is -1.00. The van der Waals surface area contributed by atoms with Crippen molar-refractivity contribution in [3.05, 3.63) is 22.7 Å². The topological polar surface area (TPSA) is 74.3 Å². The van der Waals surface area contributed by atoms with Gasteiger partial charge in [0.05, 0.1) is 62.3 Å². The molecule has 0 aromatic heterocycles. The summed E-state index contributed by atoms with van der Waals surface area (Å²) in [7, 11) is 0. The number of thioether (sulfide) groups is 2. The molecule has 0 unspecified atom stereocenters. The van der Waals surface area contributed by atoms with Gasteiger partial charge in [0.15, 0.2) is 0 Å². The predicted molar refractivity (Wildman–Crippen MR) is 127 cm³/mol. The summed E-state index contributed by atoms with van der Waals surface area (Å²) in [5.41, 5.74) is 0.